The minimum atomic E-state index is 0.123. The van der Waals surface area contributed by atoms with Crippen LogP contribution in [-0.4, -0.2) is 14.8 Å². The maximum absolute atomic E-state index is 5.94. The Morgan fingerprint density at radius 3 is 2.43 bits per heavy atom. The quantitative estimate of drug-likeness (QED) is 0.497. The van der Waals surface area contributed by atoms with E-state index in [1.165, 1.54) is 16.7 Å². The molecule has 2 heterocycles. The molecule has 2 unspecified atom stereocenters. The second kappa shape index (κ2) is 8.03. The Kier molecular flexibility index (Phi) is 4.93. The molecule has 0 fully saturated rings. The molecule has 2 atom stereocenters. The van der Waals surface area contributed by atoms with Crippen LogP contribution >= 0.6 is 0 Å². The van der Waals surface area contributed by atoms with Gasteiger partial charge in [-0.25, -0.2) is 4.68 Å². The van der Waals surface area contributed by atoms with Gasteiger partial charge >= 0.3 is 0 Å². The topological polar surface area (TPSA) is 52.0 Å². The van der Waals surface area contributed by atoms with Gasteiger partial charge in [-0.15, -0.1) is 0 Å². The van der Waals surface area contributed by atoms with Gasteiger partial charge in [0, 0.05) is 0 Å². The highest BCUT2D eigenvalue weighted by Crippen LogP contribution is 2.37. The Balaban J connectivity index is 1.35. The van der Waals surface area contributed by atoms with Crippen LogP contribution in [0.5, 0.6) is 5.75 Å². The lowest BCUT2D eigenvalue weighted by Crippen LogP contribution is -2.28. The highest BCUT2D eigenvalue weighted by molar-refractivity contribution is 5.39. The summed E-state index contributed by atoms with van der Waals surface area (Å²) < 4.78 is 7.92. The molecule has 0 bridgehead atoms. The third-order valence-corrected chi connectivity index (χ3v) is 5.62. The summed E-state index contributed by atoms with van der Waals surface area (Å²) in [5.41, 5.74) is 4.89. The summed E-state index contributed by atoms with van der Waals surface area (Å²) in [6, 6.07) is 27.6. The number of hydrogen-bond donors (Lipinski definition) is 1. The summed E-state index contributed by atoms with van der Waals surface area (Å²) in [4.78, 5) is 4.42. The Hall–Kier alpha value is -3.60. The zero-order valence-electron chi connectivity index (χ0n) is 16.9. The van der Waals surface area contributed by atoms with Crippen LogP contribution in [0, 0.1) is 6.92 Å². The standard InChI is InChI=1S/C25H24N4O/c1-18-7-9-20(10-8-18)23-15-24(29-25(28-23)26-17-27-29)21-11-13-22(14-12-21)30-16-19-5-3-2-4-6-19/h2-14,17,23-24H,15-16H2,1H3,(H,26,27,28). The van der Waals surface area contributed by atoms with Gasteiger partial charge in [0.05, 0.1) is 12.1 Å². The largest absolute Gasteiger partial charge is 0.489 e. The third kappa shape index (κ3) is 3.79. The van der Waals surface area contributed by atoms with Gasteiger partial charge in [-0.2, -0.15) is 10.1 Å². The van der Waals surface area contributed by atoms with Gasteiger partial charge < -0.3 is 10.1 Å². The minimum absolute atomic E-state index is 0.123. The number of anilines is 1. The van der Waals surface area contributed by atoms with Crippen LogP contribution in [0.1, 0.15) is 40.8 Å². The Labute approximate surface area is 176 Å². The first-order chi connectivity index (χ1) is 14.8. The van der Waals surface area contributed by atoms with Crippen molar-refractivity contribution in [1.82, 2.24) is 14.8 Å². The number of fused-ring (bicyclic) bond motifs is 1. The number of hydrogen-bond acceptors (Lipinski definition) is 4. The lowest BCUT2D eigenvalue weighted by molar-refractivity contribution is 0.306. The lowest BCUT2D eigenvalue weighted by atomic mass is 9.93. The van der Waals surface area contributed by atoms with E-state index in [4.69, 9.17) is 4.74 Å². The van der Waals surface area contributed by atoms with Crippen molar-refractivity contribution < 1.29 is 4.74 Å². The van der Waals surface area contributed by atoms with Crippen LogP contribution < -0.4 is 10.1 Å². The van der Waals surface area contributed by atoms with Gasteiger partial charge in [0.15, 0.2) is 0 Å². The highest BCUT2D eigenvalue weighted by Gasteiger charge is 2.29. The van der Waals surface area contributed by atoms with Gasteiger partial charge in [0.25, 0.3) is 0 Å². The van der Waals surface area contributed by atoms with Crippen LogP contribution in [-0.2, 0) is 6.61 Å². The third-order valence-electron chi connectivity index (χ3n) is 5.62. The molecular weight excluding hydrogens is 372 g/mol. The van der Waals surface area contributed by atoms with Crippen molar-refractivity contribution in [3.63, 3.8) is 0 Å². The lowest BCUT2D eigenvalue weighted by Gasteiger charge is -2.32. The molecule has 1 aliphatic rings. The van der Waals surface area contributed by atoms with Crippen LogP contribution in [0.4, 0.5) is 5.95 Å². The smallest absolute Gasteiger partial charge is 0.222 e. The first-order valence-corrected chi connectivity index (χ1v) is 10.3. The first kappa shape index (κ1) is 18.4. The number of benzene rings is 3. The predicted octanol–water partition coefficient (Wildman–Crippen LogP) is 5.31. The summed E-state index contributed by atoms with van der Waals surface area (Å²) in [5, 5.41) is 7.99. The van der Waals surface area contributed by atoms with E-state index in [2.05, 4.69) is 70.9 Å². The van der Waals surface area contributed by atoms with E-state index < -0.39 is 0 Å². The fourth-order valence-corrected chi connectivity index (χ4v) is 3.94. The molecule has 0 saturated carbocycles. The fraction of sp³-hybridized carbons (Fsp3) is 0.200. The molecule has 0 saturated heterocycles. The molecule has 5 nitrogen and oxygen atoms in total. The first-order valence-electron chi connectivity index (χ1n) is 10.3. The Morgan fingerprint density at radius 2 is 1.67 bits per heavy atom. The SMILES string of the molecule is Cc1ccc(C2CC(c3ccc(OCc4ccccc4)cc3)n3ncnc3N2)cc1. The zero-order chi connectivity index (χ0) is 20.3. The van der Waals surface area contributed by atoms with E-state index in [9.17, 15) is 0 Å². The predicted molar refractivity (Wildman–Crippen MR) is 118 cm³/mol. The van der Waals surface area contributed by atoms with E-state index in [0.29, 0.717) is 6.61 Å². The van der Waals surface area contributed by atoms with Crippen molar-refractivity contribution in [2.24, 2.45) is 0 Å². The molecule has 0 amide bonds. The molecule has 0 radical (unpaired) electrons. The number of aromatic nitrogens is 3. The maximum atomic E-state index is 5.94. The molecule has 4 aromatic rings. The van der Waals surface area contributed by atoms with E-state index in [-0.39, 0.29) is 12.1 Å². The molecule has 5 heteroatoms. The molecule has 150 valence electrons. The van der Waals surface area contributed by atoms with Gasteiger partial charge in [0.2, 0.25) is 5.95 Å². The summed E-state index contributed by atoms with van der Waals surface area (Å²) in [6.07, 6.45) is 2.52. The summed E-state index contributed by atoms with van der Waals surface area (Å²) in [5.74, 6) is 1.67. The van der Waals surface area contributed by atoms with Crippen molar-refractivity contribution in [1.29, 1.82) is 0 Å². The minimum Gasteiger partial charge on any atom is -0.489 e. The highest BCUT2D eigenvalue weighted by atomic mass is 16.5. The Morgan fingerprint density at radius 1 is 0.933 bits per heavy atom. The molecular formula is C25H24N4O. The average molecular weight is 396 g/mol. The molecule has 3 aromatic carbocycles. The van der Waals surface area contributed by atoms with Gasteiger partial charge in [-0.3, -0.25) is 0 Å². The van der Waals surface area contributed by atoms with E-state index in [0.717, 1.165) is 23.7 Å². The normalized spacial score (nSPS) is 17.8. The fourth-order valence-electron chi connectivity index (χ4n) is 3.94. The summed E-state index contributed by atoms with van der Waals surface area (Å²) >= 11 is 0. The van der Waals surface area contributed by atoms with Crippen molar-refractivity contribution in [3.8, 4) is 5.75 Å². The number of aryl methyl sites for hydroxylation is 1. The van der Waals surface area contributed by atoms with E-state index in [1.807, 2.05) is 35.0 Å². The van der Waals surface area contributed by atoms with E-state index in [1.54, 1.807) is 6.33 Å². The van der Waals surface area contributed by atoms with Crippen molar-refractivity contribution in [3.05, 3.63) is 107 Å². The van der Waals surface area contributed by atoms with Crippen molar-refractivity contribution >= 4 is 5.95 Å². The van der Waals surface area contributed by atoms with E-state index >= 15 is 0 Å². The second-order valence-electron chi connectivity index (χ2n) is 7.73. The monoisotopic (exact) mass is 396 g/mol. The number of ether oxygens (including phenoxy) is 1. The molecule has 30 heavy (non-hydrogen) atoms. The van der Waals surface area contributed by atoms with Gasteiger partial charge in [-0.1, -0.05) is 72.3 Å². The molecule has 1 aliphatic heterocycles. The number of nitrogens with one attached hydrogen (secondary N) is 1. The Bertz CT molecular complexity index is 1100. The molecule has 0 spiro atoms. The molecule has 0 aliphatic carbocycles. The summed E-state index contributed by atoms with van der Waals surface area (Å²) in [7, 11) is 0. The van der Waals surface area contributed by atoms with Gasteiger partial charge in [-0.05, 0) is 42.2 Å². The van der Waals surface area contributed by atoms with Crippen molar-refractivity contribution in [2.75, 3.05) is 5.32 Å². The number of nitrogens with zero attached hydrogens (tertiary/aromatic N) is 3. The van der Waals surface area contributed by atoms with Crippen LogP contribution in [0.25, 0.3) is 0 Å². The van der Waals surface area contributed by atoms with Crippen LogP contribution in [0.15, 0.2) is 85.2 Å². The van der Waals surface area contributed by atoms with Crippen molar-refractivity contribution in [2.45, 2.75) is 32.0 Å². The summed E-state index contributed by atoms with van der Waals surface area (Å²) in [6.45, 7) is 2.68. The maximum Gasteiger partial charge on any atom is 0.222 e. The average Bonchev–Trinajstić information content (AvgIpc) is 3.27. The molecule has 1 aromatic heterocycles. The zero-order valence-corrected chi connectivity index (χ0v) is 16.9. The molecule has 1 N–H and O–H groups in total. The van der Waals surface area contributed by atoms with Gasteiger partial charge in [0.1, 0.15) is 18.7 Å². The number of rotatable bonds is 5. The second-order valence-corrected chi connectivity index (χ2v) is 7.73. The van der Waals surface area contributed by atoms with Crippen LogP contribution in [0.2, 0.25) is 0 Å². The van der Waals surface area contributed by atoms with Crippen LogP contribution in [0.3, 0.4) is 0 Å². The molecule has 5 rings (SSSR count).